The molecule has 0 saturated carbocycles. The Bertz CT molecular complexity index is 1410. The van der Waals surface area contributed by atoms with Crippen molar-refractivity contribution >= 4 is 52.3 Å². The quantitative estimate of drug-likeness (QED) is 0.471. The summed E-state index contributed by atoms with van der Waals surface area (Å²) in [4.78, 5) is 21.5. The molecule has 11 heteroatoms. The topological polar surface area (TPSA) is 105 Å². The number of fused-ring (bicyclic) bond motifs is 1. The normalized spacial score (nSPS) is 15.1. The highest BCUT2D eigenvalue weighted by atomic mass is 32.2. The van der Waals surface area contributed by atoms with Crippen LogP contribution in [-0.4, -0.2) is 70.8 Å². The Morgan fingerprint density at radius 1 is 1.00 bits per heavy atom. The van der Waals surface area contributed by atoms with Gasteiger partial charge in [0.1, 0.15) is 5.52 Å². The summed E-state index contributed by atoms with van der Waals surface area (Å²) in [5.74, 6) is -0.113. The van der Waals surface area contributed by atoms with Gasteiger partial charge in [-0.25, -0.2) is 21.8 Å². The molecule has 1 aromatic heterocycles. The number of rotatable bonds is 7. The minimum absolute atomic E-state index is 0.0533. The van der Waals surface area contributed by atoms with Crippen LogP contribution in [0.5, 0.6) is 0 Å². The molecule has 4 rings (SSSR count). The predicted octanol–water partition coefficient (Wildman–Crippen LogP) is 2.91. The maximum atomic E-state index is 12.6. The molecule has 0 N–H and O–H groups in total. The van der Waals surface area contributed by atoms with Crippen LogP contribution in [0.15, 0.2) is 52.3 Å². The van der Waals surface area contributed by atoms with Crippen LogP contribution >= 0.6 is 11.3 Å². The van der Waals surface area contributed by atoms with Gasteiger partial charge in [0.05, 0.1) is 20.2 Å². The Morgan fingerprint density at radius 2 is 1.68 bits per heavy atom. The standard InChI is InChI=1S/C23H27N3O5S3/c1-17-8-10-18(11-9-17)34(30,31)16-4-7-21(27)25-12-14-26(15-13-25)23-24-22-19(32-23)5-3-6-20(22)33(2,28)29/h3,5-6,8-11H,4,7,12-16H2,1-2H3. The van der Waals surface area contributed by atoms with E-state index >= 15 is 0 Å². The van der Waals surface area contributed by atoms with Gasteiger partial charge in [0.15, 0.2) is 24.8 Å². The summed E-state index contributed by atoms with van der Waals surface area (Å²) in [6, 6.07) is 11.9. The van der Waals surface area contributed by atoms with E-state index in [1.165, 1.54) is 17.6 Å². The van der Waals surface area contributed by atoms with Crippen LogP contribution in [0.4, 0.5) is 5.13 Å². The fourth-order valence-electron chi connectivity index (χ4n) is 3.93. The lowest BCUT2D eigenvalue weighted by Crippen LogP contribution is -2.48. The molecule has 1 aliphatic rings. The fraction of sp³-hybridized carbons (Fsp3) is 0.391. The molecule has 2 aromatic carbocycles. The molecule has 1 aliphatic heterocycles. The lowest BCUT2D eigenvalue weighted by molar-refractivity contribution is -0.131. The van der Waals surface area contributed by atoms with Gasteiger partial charge in [0, 0.05) is 38.9 Å². The molecule has 34 heavy (non-hydrogen) atoms. The van der Waals surface area contributed by atoms with Crippen LogP contribution < -0.4 is 4.90 Å². The summed E-state index contributed by atoms with van der Waals surface area (Å²) in [5.41, 5.74) is 1.48. The average Bonchev–Trinajstić information content (AvgIpc) is 3.23. The largest absolute Gasteiger partial charge is 0.345 e. The van der Waals surface area contributed by atoms with Crippen LogP contribution in [-0.2, 0) is 24.5 Å². The molecule has 182 valence electrons. The number of amides is 1. The van der Waals surface area contributed by atoms with Gasteiger partial charge in [-0.15, -0.1) is 0 Å². The highest BCUT2D eigenvalue weighted by molar-refractivity contribution is 7.91. The van der Waals surface area contributed by atoms with E-state index in [1.807, 2.05) is 13.0 Å². The Kier molecular flexibility index (Phi) is 6.97. The maximum absolute atomic E-state index is 12.6. The van der Waals surface area contributed by atoms with Gasteiger partial charge in [0.2, 0.25) is 5.91 Å². The Hall–Kier alpha value is -2.50. The second-order valence-electron chi connectivity index (χ2n) is 8.47. The zero-order valence-corrected chi connectivity index (χ0v) is 21.5. The van der Waals surface area contributed by atoms with Gasteiger partial charge in [-0.1, -0.05) is 35.1 Å². The monoisotopic (exact) mass is 521 g/mol. The smallest absolute Gasteiger partial charge is 0.222 e. The first kappa shape index (κ1) is 24.6. The average molecular weight is 522 g/mol. The summed E-state index contributed by atoms with van der Waals surface area (Å²) >= 11 is 1.44. The summed E-state index contributed by atoms with van der Waals surface area (Å²) in [6.07, 6.45) is 1.64. The first-order chi connectivity index (χ1) is 16.0. The van der Waals surface area contributed by atoms with Crippen molar-refractivity contribution in [3.8, 4) is 0 Å². The van der Waals surface area contributed by atoms with Crippen LogP contribution in [0.2, 0.25) is 0 Å². The van der Waals surface area contributed by atoms with Crippen molar-refractivity contribution in [1.82, 2.24) is 9.88 Å². The molecule has 0 unspecified atom stereocenters. The van der Waals surface area contributed by atoms with Crippen LogP contribution in [0.25, 0.3) is 10.2 Å². The third-order valence-corrected chi connectivity index (χ3v) is 9.88. The fourth-order valence-corrected chi connectivity index (χ4v) is 7.18. The van der Waals surface area contributed by atoms with E-state index in [4.69, 9.17) is 0 Å². The zero-order chi connectivity index (χ0) is 24.5. The van der Waals surface area contributed by atoms with E-state index in [9.17, 15) is 21.6 Å². The molecule has 0 atom stereocenters. The number of hydrogen-bond donors (Lipinski definition) is 0. The number of anilines is 1. The van der Waals surface area contributed by atoms with Gasteiger partial charge in [0.25, 0.3) is 0 Å². The third kappa shape index (κ3) is 5.42. The van der Waals surface area contributed by atoms with Crippen molar-refractivity contribution in [2.45, 2.75) is 29.6 Å². The summed E-state index contributed by atoms with van der Waals surface area (Å²) < 4.78 is 49.9. The number of para-hydroxylation sites is 1. The Morgan fingerprint density at radius 3 is 2.32 bits per heavy atom. The van der Waals surface area contributed by atoms with E-state index in [0.717, 1.165) is 15.4 Å². The molecule has 0 aliphatic carbocycles. The van der Waals surface area contributed by atoms with Crippen molar-refractivity contribution in [2.75, 3.05) is 43.1 Å². The number of thiazole rings is 1. The summed E-state index contributed by atoms with van der Waals surface area (Å²) in [6.45, 7) is 4.10. The molecule has 3 aromatic rings. The minimum atomic E-state index is -3.40. The van der Waals surface area contributed by atoms with E-state index in [0.29, 0.717) is 31.7 Å². The molecule has 0 bridgehead atoms. The van der Waals surface area contributed by atoms with Crippen LogP contribution in [0.1, 0.15) is 18.4 Å². The van der Waals surface area contributed by atoms with E-state index in [1.54, 1.807) is 41.3 Å². The molecular formula is C23H27N3O5S3. The minimum Gasteiger partial charge on any atom is -0.345 e. The number of nitrogens with zero attached hydrogens (tertiary/aromatic N) is 3. The number of aromatic nitrogens is 1. The van der Waals surface area contributed by atoms with Gasteiger partial charge in [-0.05, 0) is 37.6 Å². The molecule has 1 fully saturated rings. The Labute approximate surface area is 204 Å². The van der Waals surface area contributed by atoms with Crippen molar-refractivity contribution in [1.29, 1.82) is 0 Å². The molecule has 2 heterocycles. The highest BCUT2D eigenvalue weighted by Gasteiger charge is 2.25. The van der Waals surface area contributed by atoms with Crippen molar-refractivity contribution < 1.29 is 21.6 Å². The molecule has 0 radical (unpaired) electrons. The van der Waals surface area contributed by atoms with Gasteiger partial charge >= 0.3 is 0 Å². The number of sulfone groups is 2. The molecule has 1 amide bonds. The van der Waals surface area contributed by atoms with E-state index in [2.05, 4.69) is 9.88 Å². The molecule has 8 nitrogen and oxygen atoms in total. The number of carbonyl (C=O) groups is 1. The van der Waals surface area contributed by atoms with Crippen LogP contribution in [0.3, 0.4) is 0 Å². The first-order valence-corrected chi connectivity index (χ1v) is 15.3. The summed E-state index contributed by atoms with van der Waals surface area (Å²) in [5, 5.41) is 0.738. The third-order valence-electron chi connectivity index (χ3n) is 5.86. The second-order valence-corrected chi connectivity index (χ2v) is 13.6. The Balaban J connectivity index is 1.32. The number of piperazine rings is 1. The van der Waals surface area contributed by atoms with Gasteiger partial charge in [-0.3, -0.25) is 4.79 Å². The number of hydrogen-bond acceptors (Lipinski definition) is 8. The second kappa shape index (κ2) is 9.63. The van der Waals surface area contributed by atoms with Gasteiger partial charge in [-0.2, -0.15) is 0 Å². The highest BCUT2D eigenvalue weighted by Crippen LogP contribution is 2.33. The van der Waals surface area contributed by atoms with Crippen molar-refractivity contribution in [3.05, 3.63) is 48.0 Å². The molecule has 1 saturated heterocycles. The van der Waals surface area contributed by atoms with Crippen molar-refractivity contribution in [3.63, 3.8) is 0 Å². The summed E-state index contributed by atoms with van der Waals surface area (Å²) in [7, 11) is -6.78. The number of benzene rings is 2. The van der Waals surface area contributed by atoms with Crippen LogP contribution in [0, 0.1) is 6.92 Å². The lowest BCUT2D eigenvalue weighted by Gasteiger charge is -2.34. The maximum Gasteiger partial charge on any atom is 0.222 e. The predicted molar refractivity (Wildman–Crippen MR) is 134 cm³/mol. The van der Waals surface area contributed by atoms with Gasteiger partial charge < -0.3 is 9.80 Å². The van der Waals surface area contributed by atoms with E-state index < -0.39 is 19.7 Å². The first-order valence-electron chi connectivity index (χ1n) is 11.0. The lowest BCUT2D eigenvalue weighted by atomic mass is 10.2. The number of carbonyl (C=O) groups excluding carboxylic acids is 1. The van der Waals surface area contributed by atoms with Crippen molar-refractivity contribution in [2.24, 2.45) is 0 Å². The number of aryl methyl sites for hydroxylation is 1. The molecular weight excluding hydrogens is 494 g/mol. The van der Waals surface area contributed by atoms with E-state index in [-0.39, 0.29) is 34.3 Å². The zero-order valence-electron chi connectivity index (χ0n) is 19.1. The SMILES string of the molecule is Cc1ccc(S(=O)(=O)CCCC(=O)N2CCN(c3nc4c(S(C)(=O)=O)cccc4s3)CC2)cc1. The molecule has 0 spiro atoms.